The Labute approximate surface area is 58.4 Å². The molecule has 9 heavy (non-hydrogen) atoms. The monoisotopic (exact) mass is 127 g/mol. The van der Waals surface area contributed by atoms with Crippen molar-refractivity contribution < 1.29 is 0 Å². The van der Waals surface area contributed by atoms with E-state index in [0.29, 0.717) is 0 Å². The Morgan fingerprint density at radius 1 is 1.44 bits per heavy atom. The normalized spacial score (nSPS) is 12.1. The highest BCUT2D eigenvalue weighted by atomic mass is 15.1. The zero-order valence-electron chi connectivity index (χ0n) is 6.94. The summed E-state index contributed by atoms with van der Waals surface area (Å²) >= 11 is 0. The summed E-state index contributed by atoms with van der Waals surface area (Å²) in [6.45, 7) is 11.2. The SMILES string of the molecule is C=CCN(C)C(C)(C)C. The number of hydrogen-bond acceptors (Lipinski definition) is 1. The average Bonchev–Trinajstić information content (AvgIpc) is 1.64. The van der Waals surface area contributed by atoms with Crippen molar-refractivity contribution in [2.45, 2.75) is 26.3 Å². The minimum Gasteiger partial charge on any atom is -0.298 e. The molecule has 0 aromatic carbocycles. The quantitative estimate of drug-likeness (QED) is 0.512. The van der Waals surface area contributed by atoms with Crippen LogP contribution in [0.3, 0.4) is 0 Å². The maximum Gasteiger partial charge on any atom is 0.0162 e. The van der Waals surface area contributed by atoms with Gasteiger partial charge in [0.05, 0.1) is 0 Å². The van der Waals surface area contributed by atoms with Crippen molar-refractivity contribution >= 4 is 0 Å². The van der Waals surface area contributed by atoms with Crippen molar-refractivity contribution in [1.82, 2.24) is 4.90 Å². The molecule has 0 bridgehead atoms. The van der Waals surface area contributed by atoms with Crippen LogP contribution in [0.4, 0.5) is 0 Å². The molecule has 0 amide bonds. The van der Waals surface area contributed by atoms with Crippen molar-refractivity contribution in [3.63, 3.8) is 0 Å². The lowest BCUT2D eigenvalue weighted by Crippen LogP contribution is -2.37. The van der Waals surface area contributed by atoms with Crippen LogP contribution in [0.5, 0.6) is 0 Å². The van der Waals surface area contributed by atoms with Crippen LogP contribution >= 0.6 is 0 Å². The molecule has 0 unspecified atom stereocenters. The van der Waals surface area contributed by atoms with Gasteiger partial charge in [-0.1, -0.05) is 6.08 Å². The van der Waals surface area contributed by atoms with Crippen LogP contribution in [-0.2, 0) is 0 Å². The first-order chi connectivity index (χ1) is 3.98. The third-order valence-corrected chi connectivity index (χ3v) is 1.55. The highest BCUT2D eigenvalue weighted by molar-refractivity contribution is 4.79. The van der Waals surface area contributed by atoms with Crippen molar-refractivity contribution in [3.8, 4) is 0 Å². The van der Waals surface area contributed by atoms with Gasteiger partial charge in [0, 0.05) is 12.1 Å². The van der Waals surface area contributed by atoms with Crippen LogP contribution in [0, 0.1) is 0 Å². The molecule has 54 valence electrons. The Kier molecular flexibility index (Phi) is 2.92. The summed E-state index contributed by atoms with van der Waals surface area (Å²) in [6.07, 6.45) is 1.92. The van der Waals surface area contributed by atoms with Crippen molar-refractivity contribution in [2.24, 2.45) is 0 Å². The van der Waals surface area contributed by atoms with Gasteiger partial charge in [0.15, 0.2) is 0 Å². The van der Waals surface area contributed by atoms with E-state index in [1.165, 1.54) is 0 Å². The lowest BCUT2D eigenvalue weighted by atomic mass is 10.1. The molecule has 0 aliphatic carbocycles. The fraction of sp³-hybridized carbons (Fsp3) is 0.750. The van der Waals surface area contributed by atoms with Gasteiger partial charge in [-0.05, 0) is 27.8 Å². The van der Waals surface area contributed by atoms with E-state index in [4.69, 9.17) is 0 Å². The molecule has 0 saturated carbocycles. The third-order valence-electron chi connectivity index (χ3n) is 1.55. The summed E-state index contributed by atoms with van der Waals surface area (Å²) in [5, 5.41) is 0. The summed E-state index contributed by atoms with van der Waals surface area (Å²) in [5.41, 5.74) is 0.272. The second-order valence-electron chi connectivity index (χ2n) is 3.34. The van der Waals surface area contributed by atoms with Gasteiger partial charge in [0.1, 0.15) is 0 Å². The maximum atomic E-state index is 3.67. The van der Waals surface area contributed by atoms with E-state index in [1.807, 2.05) is 6.08 Å². The molecule has 1 nitrogen and oxygen atoms in total. The van der Waals surface area contributed by atoms with Gasteiger partial charge < -0.3 is 0 Å². The molecule has 0 N–H and O–H groups in total. The van der Waals surface area contributed by atoms with E-state index in [1.54, 1.807) is 0 Å². The van der Waals surface area contributed by atoms with Gasteiger partial charge in [-0.25, -0.2) is 0 Å². The van der Waals surface area contributed by atoms with Crippen LogP contribution in [-0.4, -0.2) is 24.0 Å². The first-order valence-corrected chi connectivity index (χ1v) is 3.30. The molecule has 0 saturated heterocycles. The molecule has 0 heterocycles. The van der Waals surface area contributed by atoms with Crippen LogP contribution in [0.25, 0.3) is 0 Å². The number of rotatable bonds is 2. The smallest absolute Gasteiger partial charge is 0.0162 e. The third kappa shape index (κ3) is 3.31. The first kappa shape index (κ1) is 8.70. The summed E-state index contributed by atoms with van der Waals surface area (Å²) in [7, 11) is 2.10. The Bertz CT molecular complexity index is 89.2. The van der Waals surface area contributed by atoms with Crippen LogP contribution in [0.15, 0.2) is 12.7 Å². The summed E-state index contributed by atoms with van der Waals surface area (Å²) in [6, 6.07) is 0. The van der Waals surface area contributed by atoms with Crippen LogP contribution < -0.4 is 0 Å². The largest absolute Gasteiger partial charge is 0.298 e. The van der Waals surface area contributed by atoms with Gasteiger partial charge in [-0.2, -0.15) is 0 Å². The predicted octanol–water partition coefficient (Wildman–Crippen LogP) is 1.90. The highest BCUT2D eigenvalue weighted by Crippen LogP contribution is 2.08. The minimum atomic E-state index is 0.272. The lowest BCUT2D eigenvalue weighted by Gasteiger charge is -2.30. The van der Waals surface area contributed by atoms with E-state index >= 15 is 0 Å². The van der Waals surface area contributed by atoms with E-state index in [-0.39, 0.29) is 5.54 Å². The molecule has 0 spiro atoms. The second-order valence-corrected chi connectivity index (χ2v) is 3.34. The zero-order valence-corrected chi connectivity index (χ0v) is 6.94. The van der Waals surface area contributed by atoms with Gasteiger partial charge in [0.25, 0.3) is 0 Å². The van der Waals surface area contributed by atoms with E-state index in [0.717, 1.165) is 6.54 Å². The molecule has 1 heteroatoms. The Hall–Kier alpha value is -0.300. The summed E-state index contributed by atoms with van der Waals surface area (Å²) in [4.78, 5) is 2.25. The van der Waals surface area contributed by atoms with Crippen molar-refractivity contribution in [3.05, 3.63) is 12.7 Å². The number of nitrogens with zero attached hydrogens (tertiary/aromatic N) is 1. The Morgan fingerprint density at radius 3 is 2.00 bits per heavy atom. The second kappa shape index (κ2) is 3.02. The van der Waals surface area contributed by atoms with E-state index in [2.05, 4.69) is 39.3 Å². The molecule has 0 aliphatic rings. The Morgan fingerprint density at radius 2 is 1.89 bits per heavy atom. The standard InChI is InChI=1S/C8H17N/c1-6-7-9(5)8(2,3)4/h6H,1,7H2,2-5H3. The molecule has 0 aromatic rings. The molecule has 0 radical (unpaired) electrons. The van der Waals surface area contributed by atoms with Gasteiger partial charge in [-0.3, -0.25) is 4.90 Å². The molecular formula is C8H17N. The fourth-order valence-electron chi connectivity index (χ4n) is 0.468. The average molecular weight is 127 g/mol. The molecule has 0 fully saturated rings. The zero-order chi connectivity index (χ0) is 7.49. The van der Waals surface area contributed by atoms with Gasteiger partial charge in [0.2, 0.25) is 0 Å². The lowest BCUT2D eigenvalue weighted by molar-refractivity contribution is 0.195. The Balaban J connectivity index is 3.72. The predicted molar refractivity (Wildman–Crippen MR) is 42.6 cm³/mol. The van der Waals surface area contributed by atoms with Crippen molar-refractivity contribution in [1.29, 1.82) is 0 Å². The minimum absolute atomic E-state index is 0.272. The van der Waals surface area contributed by atoms with Gasteiger partial charge >= 0.3 is 0 Å². The molecular weight excluding hydrogens is 110 g/mol. The molecule has 0 aliphatic heterocycles. The highest BCUT2D eigenvalue weighted by Gasteiger charge is 2.14. The molecule has 0 rings (SSSR count). The van der Waals surface area contributed by atoms with E-state index in [9.17, 15) is 0 Å². The maximum absolute atomic E-state index is 3.67. The topological polar surface area (TPSA) is 3.24 Å². The van der Waals surface area contributed by atoms with E-state index < -0.39 is 0 Å². The molecule has 0 aromatic heterocycles. The van der Waals surface area contributed by atoms with Gasteiger partial charge in [-0.15, -0.1) is 6.58 Å². The van der Waals surface area contributed by atoms with Crippen LogP contribution in [0.2, 0.25) is 0 Å². The molecule has 0 atom stereocenters. The van der Waals surface area contributed by atoms with Crippen molar-refractivity contribution in [2.75, 3.05) is 13.6 Å². The van der Waals surface area contributed by atoms with Crippen LogP contribution in [0.1, 0.15) is 20.8 Å². The summed E-state index contributed by atoms with van der Waals surface area (Å²) in [5.74, 6) is 0. The fourth-order valence-corrected chi connectivity index (χ4v) is 0.468. The first-order valence-electron chi connectivity index (χ1n) is 3.30. The number of hydrogen-bond donors (Lipinski definition) is 0. The number of likely N-dealkylation sites (N-methyl/N-ethyl adjacent to an activating group) is 1. The summed E-state index contributed by atoms with van der Waals surface area (Å²) < 4.78 is 0.